The highest BCUT2D eigenvalue weighted by Gasteiger charge is 2.19. The van der Waals surface area contributed by atoms with E-state index in [-0.39, 0.29) is 43.4 Å². The minimum absolute atomic E-state index is 0.0200. The predicted octanol–water partition coefficient (Wildman–Crippen LogP) is -0.260. The average molecular weight is 443 g/mol. The smallest absolute Gasteiger partial charge is 0.414 e. The SMILES string of the molecule is NCCN(CC(=O)O)C(=O)Cn1cnc2c(=O)[nH]c(NC(=O)OCc3ccccc3)nc21. The molecule has 0 aliphatic rings. The van der Waals surface area contributed by atoms with Crippen molar-refractivity contribution in [2.75, 3.05) is 25.0 Å². The number of nitrogens with one attached hydrogen (secondary N) is 2. The van der Waals surface area contributed by atoms with Crippen molar-refractivity contribution in [2.45, 2.75) is 13.2 Å². The monoisotopic (exact) mass is 443 g/mol. The molecule has 13 heteroatoms. The zero-order valence-electron chi connectivity index (χ0n) is 16.9. The van der Waals surface area contributed by atoms with Gasteiger partial charge in [0.15, 0.2) is 11.2 Å². The number of aromatic nitrogens is 4. The largest absolute Gasteiger partial charge is 0.480 e. The number of aromatic amines is 1. The molecule has 0 spiro atoms. The molecule has 0 fully saturated rings. The molecule has 1 aromatic carbocycles. The van der Waals surface area contributed by atoms with E-state index in [1.54, 1.807) is 24.3 Å². The van der Waals surface area contributed by atoms with E-state index in [1.165, 1.54) is 10.9 Å². The molecule has 2 aromatic heterocycles. The molecule has 0 unspecified atom stereocenters. The van der Waals surface area contributed by atoms with Gasteiger partial charge in [-0.05, 0) is 5.56 Å². The first kappa shape index (κ1) is 22.4. The third-order valence-corrected chi connectivity index (χ3v) is 4.29. The Bertz CT molecular complexity index is 1170. The molecule has 0 aliphatic carbocycles. The predicted molar refractivity (Wildman–Crippen MR) is 112 cm³/mol. The molecule has 0 saturated carbocycles. The summed E-state index contributed by atoms with van der Waals surface area (Å²) in [5.74, 6) is -1.92. The van der Waals surface area contributed by atoms with Gasteiger partial charge in [-0.3, -0.25) is 24.7 Å². The van der Waals surface area contributed by atoms with Gasteiger partial charge in [-0.1, -0.05) is 30.3 Å². The van der Waals surface area contributed by atoms with Crippen LogP contribution in [-0.4, -0.2) is 67.1 Å². The summed E-state index contributed by atoms with van der Waals surface area (Å²) < 4.78 is 6.37. The van der Waals surface area contributed by atoms with Crippen LogP contribution in [0.1, 0.15) is 5.56 Å². The van der Waals surface area contributed by atoms with E-state index in [1.807, 2.05) is 6.07 Å². The number of imidazole rings is 1. The number of hydrogen-bond acceptors (Lipinski definition) is 8. The average Bonchev–Trinajstić information content (AvgIpc) is 3.15. The lowest BCUT2D eigenvalue weighted by Crippen LogP contribution is -2.40. The summed E-state index contributed by atoms with van der Waals surface area (Å²) in [6, 6.07) is 9.01. The second-order valence-electron chi connectivity index (χ2n) is 6.64. The first-order valence-electron chi connectivity index (χ1n) is 9.50. The van der Waals surface area contributed by atoms with E-state index < -0.39 is 30.1 Å². The zero-order valence-corrected chi connectivity index (χ0v) is 16.9. The lowest BCUT2D eigenvalue weighted by Gasteiger charge is -2.20. The third-order valence-electron chi connectivity index (χ3n) is 4.29. The van der Waals surface area contributed by atoms with Gasteiger partial charge in [0.2, 0.25) is 11.9 Å². The quantitative estimate of drug-likeness (QED) is 0.346. The number of carboxylic acids is 1. The highest BCUT2D eigenvalue weighted by Crippen LogP contribution is 2.09. The van der Waals surface area contributed by atoms with Crippen molar-refractivity contribution in [3.8, 4) is 0 Å². The Morgan fingerprint density at radius 3 is 2.69 bits per heavy atom. The van der Waals surface area contributed by atoms with Crippen LogP contribution in [0.3, 0.4) is 0 Å². The number of amides is 2. The topological polar surface area (TPSA) is 186 Å². The summed E-state index contributed by atoms with van der Waals surface area (Å²) in [6.07, 6.45) is 0.387. The molecule has 32 heavy (non-hydrogen) atoms. The summed E-state index contributed by atoms with van der Waals surface area (Å²) in [6.45, 7) is -0.687. The minimum Gasteiger partial charge on any atom is -0.480 e. The molecule has 3 rings (SSSR count). The number of carboxylic acid groups (broad SMARTS) is 1. The second-order valence-corrected chi connectivity index (χ2v) is 6.64. The number of carbonyl (C=O) groups excluding carboxylic acids is 2. The summed E-state index contributed by atoms with van der Waals surface area (Å²) in [4.78, 5) is 59.3. The van der Waals surface area contributed by atoms with Crippen molar-refractivity contribution in [1.82, 2.24) is 24.4 Å². The van der Waals surface area contributed by atoms with E-state index in [4.69, 9.17) is 15.6 Å². The number of carbonyl (C=O) groups is 3. The van der Waals surface area contributed by atoms with Gasteiger partial charge in [0.05, 0.1) is 6.33 Å². The van der Waals surface area contributed by atoms with Crippen LogP contribution in [-0.2, 0) is 27.5 Å². The number of rotatable bonds is 9. The molecule has 0 atom stereocenters. The lowest BCUT2D eigenvalue weighted by molar-refractivity contribution is -0.144. The first-order chi connectivity index (χ1) is 15.4. The molecular weight excluding hydrogens is 422 g/mol. The summed E-state index contributed by atoms with van der Waals surface area (Å²) in [5.41, 5.74) is 5.56. The van der Waals surface area contributed by atoms with Crippen molar-refractivity contribution in [2.24, 2.45) is 5.73 Å². The molecule has 3 aromatic rings. The third kappa shape index (κ3) is 5.66. The molecule has 13 nitrogen and oxygen atoms in total. The fraction of sp³-hybridized carbons (Fsp3) is 0.263. The fourth-order valence-corrected chi connectivity index (χ4v) is 2.84. The van der Waals surface area contributed by atoms with Crippen LogP contribution in [0, 0.1) is 0 Å². The highest BCUT2D eigenvalue weighted by atomic mass is 16.5. The minimum atomic E-state index is -1.18. The van der Waals surface area contributed by atoms with Gasteiger partial charge >= 0.3 is 12.1 Å². The van der Waals surface area contributed by atoms with Crippen LogP contribution in [0.15, 0.2) is 41.5 Å². The van der Waals surface area contributed by atoms with Gasteiger partial charge in [0.1, 0.15) is 19.7 Å². The normalized spacial score (nSPS) is 10.7. The van der Waals surface area contributed by atoms with Crippen LogP contribution in [0.2, 0.25) is 0 Å². The molecular formula is C19H21N7O6. The highest BCUT2D eigenvalue weighted by molar-refractivity contribution is 5.85. The lowest BCUT2D eigenvalue weighted by atomic mass is 10.2. The van der Waals surface area contributed by atoms with E-state index in [9.17, 15) is 19.2 Å². The first-order valence-corrected chi connectivity index (χ1v) is 9.50. The fourth-order valence-electron chi connectivity index (χ4n) is 2.84. The molecule has 2 heterocycles. The van der Waals surface area contributed by atoms with Crippen LogP contribution >= 0.6 is 0 Å². The van der Waals surface area contributed by atoms with Crippen molar-refractivity contribution in [1.29, 1.82) is 0 Å². The summed E-state index contributed by atoms with van der Waals surface area (Å²) in [7, 11) is 0. The number of fused-ring (bicyclic) bond motifs is 1. The van der Waals surface area contributed by atoms with Gasteiger partial charge in [-0.15, -0.1) is 0 Å². The summed E-state index contributed by atoms with van der Waals surface area (Å²) in [5, 5.41) is 11.3. The number of H-pyrrole nitrogens is 1. The Morgan fingerprint density at radius 2 is 2.00 bits per heavy atom. The maximum Gasteiger partial charge on any atom is 0.414 e. The number of nitrogens with zero attached hydrogens (tertiary/aromatic N) is 4. The maximum atomic E-state index is 12.5. The van der Waals surface area contributed by atoms with E-state index in [0.717, 1.165) is 10.5 Å². The Balaban J connectivity index is 1.74. The number of hydrogen-bond donors (Lipinski definition) is 4. The van der Waals surface area contributed by atoms with Gasteiger partial charge in [-0.2, -0.15) is 4.98 Å². The van der Waals surface area contributed by atoms with E-state index in [2.05, 4.69) is 20.3 Å². The number of aliphatic carboxylic acids is 1. The molecule has 0 aliphatic heterocycles. The Kier molecular flexibility index (Phi) is 7.13. The van der Waals surface area contributed by atoms with Crippen LogP contribution in [0.5, 0.6) is 0 Å². The van der Waals surface area contributed by atoms with Crippen LogP contribution in [0.25, 0.3) is 11.2 Å². The molecule has 0 radical (unpaired) electrons. The number of benzene rings is 1. The van der Waals surface area contributed by atoms with Gasteiger partial charge in [0.25, 0.3) is 5.56 Å². The number of ether oxygens (including phenoxy) is 1. The number of nitrogens with two attached hydrogens (primary N) is 1. The van der Waals surface area contributed by atoms with E-state index in [0.29, 0.717) is 0 Å². The second kappa shape index (κ2) is 10.2. The molecule has 168 valence electrons. The zero-order chi connectivity index (χ0) is 23.1. The molecule has 0 bridgehead atoms. The number of anilines is 1. The van der Waals surface area contributed by atoms with Crippen LogP contribution < -0.4 is 16.6 Å². The van der Waals surface area contributed by atoms with Gasteiger partial charge in [-0.25, -0.2) is 9.78 Å². The Labute approximate surface area is 180 Å². The van der Waals surface area contributed by atoms with Crippen molar-refractivity contribution in [3.63, 3.8) is 0 Å². The maximum absolute atomic E-state index is 12.5. The molecule has 0 saturated heterocycles. The van der Waals surface area contributed by atoms with E-state index >= 15 is 0 Å². The Hall–Kier alpha value is -4.26. The van der Waals surface area contributed by atoms with Crippen molar-refractivity contribution < 1.29 is 24.2 Å². The standard InChI is InChI=1S/C19H21N7O6/c20-6-7-25(9-14(28)29)13(27)8-26-11-21-15-16(26)22-18(23-17(15)30)24-19(31)32-10-12-4-2-1-3-5-12/h1-5,11H,6-10,20H2,(H,28,29)(H2,22,23,24,30,31). The van der Waals surface area contributed by atoms with Gasteiger partial charge < -0.3 is 25.0 Å². The van der Waals surface area contributed by atoms with Crippen molar-refractivity contribution >= 4 is 35.1 Å². The van der Waals surface area contributed by atoms with Crippen molar-refractivity contribution in [3.05, 3.63) is 52.6 Å². The summed E-state index contributed by atoms with van der Waals surface area (Å²) >= 11 is 0. The Morgan fingerprint density at radius 1 is 1.25 bits per heavy atom. The van der Waals surface area contributed by atoms with Crippen LogP contribution in [0.4, 0.5) is 10.7 Å². The molecule has 5 N–H and O–H groups in total. The van der Waals surface area contributed by atoms with Gasteiger partial charge in [0, 0.05) is 13.1 Å². The molecule has 2 amide bonds.